The number of nitrogens with one attached hydrogen (secondary N) is 3. The van der Waals surface area contributed by atoms with Crippen LogP contribution in [0, 0.1) is 0 Å². The molecule has 26 heavy (non-hydrogen) atoms. The lowest BCUT2D eigenvalue weighted by molar-refractivity contribution is -1.02. The summed E-state index contributed by atoms with van der Waals surface area (Å²) in [6.45, 7) is 6.70. The first-order valence-corrected chi connectivity index (χ1v) is 9.77. The predicted molar refractivity (Wildman–Crippen MR) is 106 cm³/mol. The first-order chi connectivity index (χ1) is 12.5. The Morgan fingerprint density at radius 2 is 1.62 bits per heavy atom. The Hall–Kier alpha value is -1.59. The Kier molecular flexibility index (Phi) is 6.54. The van der Waals surface area contributed by atoms with Crippen molar-refractivity contribution in [3.8, 4) is 0 Å². The average molecular weight is 394 g/mol. The number of carbonyl (C=O) groups excluding carboxylic acids is 1. The molecular formula is C20H25Cl2N3O+2. The van der Waals surface area contributed by atoms with Gasteiger partial charge in [-0.05, 0) is 25.1 Å². The van der Waals surface area contributed by atoms with Gasteiger partial charge in [0.2, 0.25) is 0 Å². The topological polar surface area (TPSA) is 38.0 Å². The molecule has 0 spiro atoms. The highest BCUT2D eigenvalue weighted by atomic mass is 35.5. The Balaban J connectivity index is 1.50. The molecule has 1 amide bonds. The molecule has 1 heterocycles. The minimum absolute atomic E-state index is 0.00991. The van der Waals surface area contributed by atoms with E-state index in [2.05, 4.69) is 18.3 Å². The van der Waals surface area contributed by atoms with Crippen molar-refractivity contribution >= 4 is 34.8 Å². The van der Waals surface area contributed by atoms with E-state index in [1.54, 1.807) is 6.07 Å². The van der Waals surface area contributed by atoms with E-state index < -0.39 is 0 Å². The fourth-order valence-corrected chi connectivity index (χ4v) is 4.05. The van der Waals surface area contributed by atoms with Crippen molar-refractivity contribution in [3.63, 3.8) is 0 Å². The molecule has 1 aliphatic rings. The molecule has 0 aliphatic carbocycles. The minimum atomic E-state index is 0.00991. The van der Waals surface area contributed by atoms with E-state index >= 15 is 0 Å². The van der Waals surface area contributed by atoms with Crippen molar-refractivity contribution in [2.24, 2.45) is 0 Å². The van der Waals surface area contributed by atoms with E-state index in [4.69, 9.17) is 23.2 Å². The van der Waals surface area contributed by atoms with Gasteiger partial charge in [-0.25, -0.2) is 0 Å². The fourth-order valence-electron chi connectivity index (χ4n) is 3.56. The van der Waals surface area contributed by atoms with Gasteiger partial charge in [0.15, 0.2) is 6.54 Å². The molecule has 0 aromatic heterocycles. The highest BCUT2D eigenvalue weighted by Gasteiger charge is 2.29. The molecule has 0 saturated carbocycles. The zero-order valence-corrected chi connectivity index (χ0v) is 16.4. The first kappa shape index (κ1) is 19.2. The third-order valence-electron chi connectivity index (χ3n) is 5.14. The lowest BCUT2D eigenvalue weighted by Gasteiger charge is -2.33. The molecular weight excluding hydrogens is 369 g/mol. The van der Waals surface area contributed by atoms with Crippen LogP contribution in [0.25, 0.3) is 0 Å². The Bertz CT molecular complexity index is 760. The van der Waals surface area contributed by atoms with Crippen molar-refractivity contribution < 1.29 is 14.6 Å². The van der Waals surface area contributed by atoms with Crippen LogP contribution in [0.3, 0.4) is 0 Å². The van der Waals surface area contributed by atoms with Crippen molar-refractivity contribution in [1.82, 2.24) is 0 Å². The quantitative estimate of drug-likeness (QED) is 0.706. The van der Waals surface area contributed by atoms with E-state index in [1.807, 2.05) is 36.4 Å². The van der Waals surface area contributed by atoms with Gasteiger partial charge in [-0.3, -0.25) is 4.79 Å². The summed E-state index contributed by atoms with van der Waals surface area (Å²) in [5, 5.41) is 4.31. The monoisotopic (exact) mass is 393 g/mol. The number of rotatable bonds is 5. The summed E-state index contributed by atoms with van der Waals surface area (Å²) < 4.78 is 0. The smallest absolute Gasteiger partial charge is 0.279 e. The molecule has 0 radical (unpaired) electrons. The first-order valence-electron chi connectivity index (χ1n) is 9.01. The number of amides is 1. The van der Waals surface area contributed by atoms with Gasteiger partial charge in [0, 0.05) is 10.6 Å². The van der Waals surface area contributed by atoms with Gasteiger partial charge in [-0.2, -0.15) is 0 Å². The van der Waals surface area contributed by atoms with Gasteiger partial charge < -0.3 is 15.1 Å². The minimum Gasteiger partial charge on any atom is -0.320 e. The summed E-state index contributed by atoms with van der Waals surface area (Å²) in [5.74, 6) is 0.00991. The van der Waals surface area contributed by atoms with Crippen LogP contribution in [0.2, 0.25) is 10.0 Å². The predicted octanol–water partition coefficient (Wildman–Crippen LogP) is 1.48. The summed E-state index contributed by atoms with van der Waals surface area (Å²) in [5.41, 5.74) is 1.87. The van der Waals surface area contributed by atoms with E-state index in [0.717, 1.165) is 31.2 Å². The number of quaternary nitrogens is 2. The van der Waals surface area contributed by atoms with Crippen LogP contribution in [0.1, 0.15) is 18.5 Å². The van der Waals surface area contributed by atoms with Gasteiger partial charge in [0.05, 0.1) is 10.7 Å². The largest absolute Gasteiger partial charge is 0.320 e. The van der Waals surface area contributed by atoms with Gasteiger partial charge in [0.1, 0.15) is 32.2 Å². The molecule has 3 N–H and O–H groups in total. The van der Waals surface area contributed by atoms with Crippen molar-refractivity contribution in [1.29, 1.82) is 0 Å². The lowest BCUT2D eigenvalue weighted by Crippen LogP contribution is -3.28. The third-order valence-corrected chi connectivity index (χ3v) is 5.82. The fraction of sp³-hybridized carbons (Fsp3) is 0.350. The number of hydrogen-bond donors (Lipinski definition) is 3. The summed E-state index contributed by atoms with van der Waals surface area (Å²) in [4.78, 5) is 15.1. The van der Waals surface area contributed by atoms with Gasteiger partial charge in [-0.1, -0.05) is 53.5 Å². The maximum absolute atomic E-state index is 12.3. The second-order valence-electron chi connectivity index (χ2n) is 6.86. The summed E-state index contributed by atoms with van der Waals surface area (Å²) in [6, 6.07) is 15.8. The molecule has 1 saturated heterocycles. The number of carbonyl (C=O) groups is 1. The molecule has 1 atom stereocenters. The standard InChI is InChI=1S/C20H23Cl2N3O/c1-15(16-6-2-3-7-17(16)21)25-12-10-24(11-13-25)14-20(26)23-19-9-5-4-8-18(19)22/h2-9,15H,10-14H2,1H3,(H,23,26)/p+2/t15-/m1/s1. The van der Waals surface area contributed by atoms with Crippen LogP contribution in [-0.2, 0) is 4.79 Å². The molecule has 138 valence electrons. The van der Waals surface area contributed by atoms with Crippen LogP contribution in [0.15, 0.2) is 48.5 Å². The highest BCUT2D eigenvalue weighted by Crippen LogP contribution is 2.20. The molecule has 1 aliphatic heterocycles. The second kappa shape index (κ2) is 8.87. The number of para-hydroxylation sites is 1. The normalized spacial score (nSPS) is 21.2. The number of halogens is 2. The van der Waals surface area contributed by atoms with Gasteiger partial charge in [0.25, 0.3) is 5.91 Å². The Labute approximate surface area is 164 Å². The molecule has 6 heteroatoms. The Morgan fingerprint density at radius 1 is 1.00 bits per heavy atom. The van der Waals surface area contributed by atoms with E-state index in [0.29, 0.717) is 23.3 Å². The number of hydrogen-bond acceptors (Lipinski definition) is 1. The van der Waals surface area contributed by atoms with Crippen LogP contribution in [-0.4, -0.2) is 38.6 Å². The molecule has 4 nitrogen and oxygen atoms in total. The van der Waals surface area contributed by atoms with Crippen LogP contribution < -0.4 is 15.1 Å². The molecule has 2 aromatic carbocycles. The number of anilines is 1. The van der Waals surface area contributed by atoms with E-state index in [-0.39, 0.29) is 5.91 Å². The molecule has 3 rings (SSSR count). The van der Waals surface area contributed by atoms with Crippen LogP contribution >= 0.6 is 23.2 Å². The molecule has 0 unspecified atom stereocenters. The van der Waals surface area contributed by atoms with Gasteiger partial charge in [-0.15, -0.1) is 0 Å². The van der Waals surface area contributed by atoms with Crippen LogP contribution in [0.5, 0.6) is 0 Å². The lowest BCUT2D eigenvalue weighted by atomic mass is 10.1. The van der Waals surface area contributed by atoms with E-state index in [1.165, 1.54) is 15.4 Å². The maximum Gasteiger partial charge on any atom is 0.279 e. The summed E-state index contributed by atoms with van der Waals surface area (Å²) in [6.07, 6.45) is 0. The second-order valence-corrected chi connectivity index (χ2v) is 7.67. The van der Waals surface area contributed by atoms with Crippen LogP contribution in [0.4, 0.5) is 5.69 Å². The molecule has 2 aromatic rings. The van der Waals surface area contributed by atoms with Crippen molar-refractivity contribution in [3.05, 3.63) is 64.1 Å². The maximum atomic E-state index is 12.3. The SMILES string of the molecule is C[C@H](c1ccccc1Cl)[NH+]1CC[NH+](CC(=O)Nc2ccccc2Cl)CC1. The summed E-state index contributed by atoms with van der Waals surface area (Å²) >= 11 is 12.4. The van der Waals surface area contributed by atoms with E-state index in [9.17, 15) is 4.79 Å². The average Bonchev–Trinajstić information content (AvgIpc) is 2.64. The van der Waals surface area contributed by atoms with Gasteiger partial charge >= 0.3 is 0 Å². The zero-order chi connectivity index (χ0) is 18.5. The van der Waals surface area contributed by atoms with Crippen molar-refractivity contribution in [2.75, 3.05) is 38.0 Å². The third kappa shape index (κ3) is 4.77. The summed E-state index contributed by atoms with van der Waals surface area (Å²) in [7, 11) is 0. The Morgan fingerprint density at radius 3 is 2.27 bits per heavy atom. The highest BCUT2D eigenvalue weighted by molar-refractivity contribution is 6.33. The number of benzene rings is 2. The number of piperazine rings is 1. The zero-order valence-electron chi connectivity index (χ0n) is 14.9. The molecule has 0 bridgehead atoms. The van der Waals surface area contributed by atoms with Crippen molar-refractivity contribution in [2.45, 2.75) is 13.0 Å². The molecule has 1 fully saturated rings.